The van der Waals surface area contributed by atoms with E-state index in [1.165, 1.54) is 36.0 Å². The van der Waals surface area contributed by atoms with E-state index in [1.54, 1.807) is 25.5 Å². The predicted molar refractivity (Wildman–Crippen MR) is 95.4 cm³/mol. The van der Waals surface area contributed by atoms with Crippen molar-refractivity contribution in [3.63, 3.8) is 0 Å². The van der Waals surface area contributed by atoms with Gasteiger partial charge in [-0.15, -0.1) is 10.2 Å². The Morgan fingerprint density at radius 1 is 1.31 bits per heavy atom. The lowest BCUT2D eigenvalue weighted by molar-refractivity contribution is -0.113. The Morgan fingerprint density at radius 3 is 2.81 bits per heavy atom. The van der Waals surface area contributed by atoms with E-state index in [1.807, 2.05) is 4.57 Å². The third kappa shape index (κ3) is 4.50. The molecule has 136 valence electrons. The highest BCUT2D eigenvalue weighted by Gasteiger charge is 2.17. The number of aromatic nitrogens is 3. The van der Waals surface area contributed by atoms with Crippen molar-refractivity contribution in [1.82, 2.24) is 14.8 Å². The molecule has 0 aliphatic carbocycles. The second-order valence-electron chi connectivity index (χ2n) is 5.27. The first-order valence-corrected chi connectivity index (χ1v) is 8.80. The van der Waals surface area contributed by atoms with Gasteiger partial charge in [0.15, 0.2) is 10.9 Å². The highest BCUT2D eigenvalue weighted by molar-refractivity contribution is 7.99. The molecule has 26 heavy (non-hydrogen) atoms. The van der Waals surface area contributed by atoms with Gasteiger partial charge >= 0.3 is 0 Å². The zero-order valence-electron chi connectivity index (χ0n) is 14.0. The average molecular weight is 376 g/mol. The third-order valence-electron chi connectivity index (χ3n) is 3.44. The summed E-state index contributed by atoms with van der Waals surface area (Å²) in [6.45, 7) is 1.00. The molecule has 1 aromatic carbocycles. The fraction of sp³-hybridized carbons (Fsp3) is 0.235. The SMILES string of the molecule is COCCn1c(SCC(=O)Nc2ccc(F)cc2)nnc1-c1ccco1. The summed E-state index contributed by atoms with van der Waals surface area (Å²) in [5, 5.41) is 11.6. The highest BCUT2D eigenvalue weighted by Crippen LogP contribution is 2.24. The first-order chi connectivity index (χ1) is 12.7. The summed E-state index contributed by atoms with van der Waals surface area (Å²) < 4.78 is 25.3. The normalized spacial score (nSPS) is 10.8. The quantitative estimate of drug-likeness (QED) is 0.609. The molecule has 7 nitrogen and oxygen atoms in total. The van der Waals surface area contributed by atoms with Crippen LogP contribution in [0.1, 0.15) is 0 Å². The molecule has 0 spiro atoms. The second kappa shape index (κ2) is 8.63. The van der Waals surface area contributed by atoms with Crippen LogP contribution in [0.4, 0.5) is 10.1 Å². The molecule has 0 atom stereocenters. The van der Waals surface area contributed by atoms with E-state index in [9.17, 15) is 9.18 Å². The highest BCUT2D eigenvalue weighted by atomic mass is 32.2. The molecule has 3 aromatic rings. The van der Waals surface area contributed by atoms with Crippen LogP contribution in [0.3, 0.4) is 0 Å². The van der Waals surface area contributed by atoms with E-state index < -0.39 is 0 Å². The monoisotopic (exact) mass is 376 g/mol. The number of hydrogen-bond acceptors (Lipinski definition) is 6. The van der Waals surface area contributed by atoms with Crippen LogP contribution in [-0.4, -0.2) is 40.1 Å². The number of halogens is 1. The number of nitrogens with one attached hydrogen (secondary N) is 1. The molecule has 0 radical (unpaired) electrons. The van der Waals surface area contributed by atoms with Crippen LogP contribution in [0.2, 0.25) is 0 Å². The van der Waals surface area contributed by atoms with Crippen molar-refractivity contribution in [2.24, 2.45) is 0 Å². The number of furan rings is 1. The summed E-state index contributed by atoms with van der Waals surface area (Å²) in [7, 11) is 1.61. The Hall–Kier alpha value is -2.65. The maximum Gasteiger partial charge on any atom is 0.234 e. The van der Waals surface area contributed by atoms with Gasteiger partial charge in [-0.25, -0.2) is 4.39 Å². The van der Waals surface area contributed by atoms with E-state index in [4.69, 9.17) is 9.15 Å². The van der Waals surface area contributed by atoms with Gasteiger partial charge in [0, 0.05) is 12.8 Å². The topological polar surface area (TPSA) is 82.2 Å². The average Bonchev–Trinajstić information content (AvgIpc) is 3.29. The molecule has 2 heterocycles. The zero-order chi connectivity index (χ0) is 18.4. The van der Waals surface area contributed by atoms with E-state index in [2.05, 4.69) is 15.5 Å². The van der Waals surface area contributed by atoms with E-state index in [-0.39, 0.29) is 17.5 Å². The molecule has 0 fully saturated rings. The Kier molecular flexibility index (Phi) is 6.03. The minimum atomic E-state index is -0.353. The van der Waals surface area contributed by atoms with Crippen LogP contribution >= 0.6 is 11.8 Å². The van der Waals surface area contributed by atoms with E-state index >= 15 is 0 Å². The Morgan fingerprint density at radius 2 is 2.12 bits per heavy atom. The lowest BCUT2D eigenvalue weighted by Crippen LogP contribution is -2.15. The molecule has 0 unspecified atom stereocenters. The van der Waals surface area contributed by atoms with Crippen molar-refractivity contribution in [2.45, 2.75) is 11.7 Å². The fourth-order valence-corrected chi connectivity index (χ4v) is 2.99. The van der Waals surface area contributed by atoms with Gasteiger partial charge in [-0.3, -0.25) is 9.36 Å². The number of nitrogens with zero attached hydrogens (tertiary/aromatic N) is 3. The largest absolute Gasteiger partial charge is 0.461 e. The summed E-state index contributed by atoms with van der Waals surface area (Å²) in [4.78, 5) is 12.1. The van der Waals surface area contributed by atoms with Crippen LogP contribution in [0.25, 0.3) is 11.6 Å². The van der Waals surface area contributed by atoms with Gasteiger partial charge in [-0.1, -0.05) is 11.8 Å². The molecular weight excluding hydrogens is 359 g/mol. The Labute approximate surface area is 153 Å². The lowest BCUT2D eigenvalue weighted by Gasteiger charge is -2.08. The van der Waals surface area contributed by atoms with Gasteiger partial charge in [0.1, 0.15) is 5.82 Å². The number of carbonyl (C=O) groups excluding carboxylic acids is 1. The number of methoxy groups -OCH3 is 1. The van der Waals surface area contributed by atoms with Crippen LogP contribution in [0.5, 0.6) is 0 Å². The van der Waals surface area contributed by atoms with Gasteiger partial charge in [0.05, 0.1) is 25.2 Å². The standard InChI is InChI=1S/C17H17FN4O3S/c1-24-10-8-22-16(14-3-2-9-25-14)20-21-17(22)26-11-15(23)19-13-6-4-12(18)5-7-13/h2-7,9H,8,10-11H2,1H3,(H,19,23). The maximum atomic E-state index is 12.9. The lowest BCUT2D eigenvalue weighted by atomic mass is 10.3. The van der Waals surface area contributed by atoms with Crippen LogP contribution in [-0.2, 0) is 16.1 Å². The van der Waals surface area contributed by atoms with Crippen molar-refractivity contribution < 1.29 is 18.3 Å². The van der Waals surface area contributed by atoms with Crippen molar-refractivity contribution in [3.05, 3.63) is 48.5 Å². The van der Waals surface area contributed by atoms with E-state index in [0.29, 0.717) is 35.6 Å². The number of anilines is 1. The third-order valence-corrected chi connectivity index (χ3v) is 4.40. The summed E-state index contributed by atoms with van der Waals surface area (Å²) in [6, 6.07) is 9.16. The molecule has 1 amide bonds. The van der Waals surface area contributed by atoms with Crippen molar-refractivity contribution >= 4 is 23.4 Å². The number of thioether (sulfide) groups is 1. The number of benzene rings is 1. The minimum absolute atomic E-state index is 0.140. The molecule has 0 aliphatic heterocycles. The molecule has 9 heteroatoms. The minimum Gasteiger partial charge on any atom is -0.461 e. The molecule has 1 N–H and O–H groups in total. The number of hydrogen-bond donors (Lipinski definition) is 1. The second-order valence-corrected chi connectivity index (χ2v) is 6.21. The van der Waals surface area contributed by atoms with Gasteiger partial charge in [-0.2, -0.15) is 0 Å². The molecule has 3 rings (SSSR count). The molecule has 0 bridgehead atoms. The van der Waals surface area contributed by atoms with Crippen molar-refractivity contribution in [2.75, 3.05) is 24.8 Å². The van der Waals surface area contributed by atoms with Crippen LogP contribution < -0.4 is 5.32 Å². The van der Waals surface area contributed by atoms with Crippen LogP contribution in [0.15, 0.2) is 52.2 Å². The molecule has 0 aliphatic rings. The van der Waals surface area contributed by atoms with Crippen molar-refractivity contribution in [1.29, 1.82) is 0 Å². The first-order valence-electron chi connectivity index (χ1n) is 7.81. The number of rotatable bonds is 8. The summed E-state index contributed by atoms with van der Waals surface area (Å²) in [6.07, 6.45) is 1.56. The fourth-order valence-electron chi connectivity index (χ4n) is 2.23. The zero-order valence-corrected chi connectivity index (χ0v) is 14.8. The first kappa shape index (κ1) is 18.2. The van der Waals surface area contributed by atoms with Gasteiger partial charge in [0.25, 0.3) is 0 Å². The Balaban J connectivity index is 1.67. The van der Waals surface area contributed by atoms with Crippen LogP contribution in [0, 0.1) is 5.82 Å². The molecule has 0 saturated carbocycles. The van der Waals surface area contributed by atoms with Gasteiger partial charge < -0.3 is 14.5 Å². The summed E-state index contributed by atoms with van der Waals surface area (Å²) >= 11 is 1.25. The smallest absolute Gasteiger partial charge is 0.234 e. The van der Waals surface area contributed by atoms with Gasteiger partial charge in [0.2, 0.25) is 11.7 Å². The summed E-state index contributed by atoms with van der Waals surface area (Å²) in [5.41, 5.74) is 0.536. The Bertz CT molecular complexity index is 850. The number of ether oxygens (including phenoxy) is 1. The summed E-state index contributed by atoms with van der Waals surface area (Å²) in [5.74, 6) is 0.738. The van der Waals surface area contributed by atoms with E-state index in [0.717, 1.165) is 0 Å². The number of amides is 1. The molecule has 2 aromatic heterocycles. The molecular formula is C17H17FN4O3S. The van der Waals surface area contributed by atoms with Crippen molar-refractivity contribution in [3.8, 4) is 11.6 Å². The maximum absolute atomic E-state index is 12.9. The predicted octanol–water partition coefficient (Wildman–Crippen LogP) is 3.05. The van der Waals surface area contributed by atoms with Gasteiger partial charge in [-0.05, 0) is 36.4 Å². The molecule has 0 saturated heterocycles. The number of carbonyl (C=O) groups is 1.